The molecule has 1 aromatic rings. The molecule has 20 heavy (non-hydrogen) atoms. The number of carbonyl (C=O) groups is 1. The van der Waals surface area contributed by atoms with Gasteiger partial charge in [-0.15, -0.1) is 0 Å². The number of carbonyl (C=O) groups excluding carboxylic acids is 1. The van der Waals surface area contributed by atoms with Crippen molar-refractivity contribution < 1.29 is 14.8 Å². The summed E-state index contributed by atoms with van der Waals surface area (Å²) in [6, 6.07) is 4.29. The Morgan fingerprint density at radius 1 is 1.50 bits per heavy atom. The van der Waals surface area contributed by atoms with Crippen LogP contribution in [0.3, 0.4) is 0 Å². The lowest BCUT2D eigenvalue weighted by atomic mass is 10.0. The van der Waals surface area contributed by atoms with Crippen LogP contribution in [0.4, 0.5) is 5.69 Å². The van der Waals surface area contributed by atoms with Gasteiger partial charge < -0.3 is 10.0 Å². The third kappa shape index (κ3) is 2.80. The standard InChI is InChI=1S/C14H18N2O4/c1-10-5-6-13(16(19)20)12(8-10)14(18)15-7-3-2-4-11(15)9-17/h5-6,8,11,17H,2-4,7,9H2,1H3. The van der Waals surface area contributed by atoms with E-state index in [1.54, 1.807) is 24.0 Å². The molecule has 0 aromatic heterocycles. The van der Waals surface area contributed by atoms with E-state index >= 15 is 0 Å². The van der Waals surface area contributed by atoms with Gasteiger partial charge in [0.2, 0.25) is 0 Å². The first kappa shape index (κ1) is 14.5. The topological polar surface area (TPSA) is 83.7 Å². The van der Waals surface area contributed by atoms with Crippen molar-refractivity contribution in [1.82, 2.24) is 4.90 Å². The number of benzene rings is 1. The summed E-state index contributed by atoms with van der Waals surface area (Å²) < 4.78 is 0. The van der Waals surface area contributed by atoms with Gasteiger partial charge in [-0.3, -0.25) is 14.9 Å². The number of nitro groups is 1. The van der Waals surface area contributed by atoms with Gasteiger partial charge in [0, 0.05) is 12.6 Å². The average molecular weight is 278 g/mol. The minimum Gasteiger partial charge on any atom is -0.394 e. The van der Waals surface area contributed by atoms with Crippen LogP contribution in [0.15, 0.2) is 18.2 Å². The van der Waals surface area contributed by atoms with E-state index in [9.17, 15) is 20.0 Å². The molecule has 0 bridgehead atoms. The molecule has 1 saturated heterocycles. The molecule has 1 atom stereocenters. The first-order valence-electron chi connectivity index (χ1n) is 6.71. The van der Waals surface area contributed by atoms with Gasteiger partial charge in [-0.1, -0.05) is 6.07 Å². The molecule has 1 aromatic carbocycles. The first-order chi connectivity index (χ1) is 9.54. The molecular weight excluding hydrogens is 260 g/mol. The Bertz CT molecular complexity index is 530. The van der Waals surface area contributed by atoms with E-state index in [0.29, 0.717) is 6.54 Å². The van der Waals surface area contributed by atoms with Crippen molar-refractivity contribution in [2.24, 2.45) is 0 Å². The lowest BCUT2D eigenvalue weighted by Crippen LogP contribution is -2.45. The number of piperidine rings is 1. The summed E-state index contributed by atoms with van der Waals surface area (Å²) in [5, 5.41) is 20.4. The lowest BCUT2D eigenvalue weighted by molar-refractivity contribution is -0.385. The highest BCUT2D eigenvalue weighted by Gasteiger charge is 2.30. The number of nitro benzene ring substituents is 1. The number of rotatable bonds is 3. The Morgan fingerprint density at radius 2 is 2.25 bits per heavy atom. The SMILES string of the molecule is Cc1ccc([N+](=O)[O-])c(C(=O)N2CCCCC2CO)c1. The number of hydrogen-bond acceptors (Lipinski definition) is 4. The van der Waals surface area contributed by atoms with E-state index in [1.165, 1.54) is 6.07 Å². The van der Waals surface area contributed by atoms with Gasteiger partial charge in [0.25, 0.3) is 11.6 Å². The monoisotopic (exact) mass is 278 g/mol. The Kier molecular flexibility index (Phi) is 4.34. The Morgan fingerprint density at radius 3 is 2.90 bits per heavy atom. The van der Waals surface area contributed by atoms with Crippen LogP contribution in [0.25, 0.3) is 0 Å². The Hall–Kier alpha value is -1.95. The van der Waals surface area contributed by atoms with Crippen LogP contribution in [0, 0.1) is 17.0 Å². The molecule has 6 heteroatoms. The van der Waals surface area contributed by atoms with E-state index in [4.69, 9.17) is 0 Å². The van der Waals surface area contributed by atoms with Gasteiger partial charge in [-0.2, -0.15) is 0 Å². The zero-order valence-corrected chi connectivity index (χ0v) is 11.4. The van der Waals surface area contributed by atoms with Crippen LogP contribution in [0.2, 0.25) is 0 Å². The molecule has 0 radical (unpaired) electrons. The average Bonchev–Trinajstić information content (AvgIpc) is 2.46. The predicted molar refractivity (Wildman–Crippen MR) is 73.6 cm³/mol. The maximum atomic E-state index is 12.6. The molecule has 1 fully saturated rings. The maximum absolute atomic E-state index is 12.6. The van der Waals surface area contributed by atoms with Crippen LogP contribution >= 0.6 is 0 Å². The van der Waals surface area contributed by atoms with Gasteiger partial charge in [-0.05, 0) is 37.8 Å². The number of amides is 1. The van der Waals surface area contributed by atoms with Gasteiger partial charge in [-0.25, -0.2) is 0 Å². The van der Waals surface area contributed by atoms with Crippen molar-refractivity contribution in [2.75, 3.05) is 13.2 Å². The zero-order chi connectivity index (χ0) is 14.7. The van der Waals surface area contributed by atoms with Crippen molar-refractivity contribution in [2.45, 2.75) is 32.2 Å². The molecule has 108 valence electrons. The van der Waals surface area contributed by atoms with Gasteiger partial charge in [0.05, 0.1) is 17.6 Å². The molecule has 1 heterocycles. The number of aliphatic hydroxyl groups excluding tert-OH is 1. The van der Waals surface area contributed by atoms with Crippen LogP contribution in [0.1, 0.15) is 35.2 Å². The Labute approximate surface area is 117 Å². The third-order valence-electron chi connectivity index (χ3n) is 3.68. The smallest absolute Gasteiger partial charge is 0.282 e. The summed E-state index contributed by atoms with van der Waals surface area (Å²) in [6.45, 7) is 2.22. The highest BCUT2D eigenvalue weighted by Crippen LogP contribution is 2.25. The summed E-state index contributed by atoms with van der Waals surface area (Å²) in [5.74, 6) is -0.362. The van der Waals surface area contributed by atoms with E-state index in [0.717, 1.165) is 24.8 Å². The molecular formula is C14H18N2O4. The fraction of sp³-hybridized carbons (Fsp3) is 0.500. The minimum absolute atomic E-state index is 0.106. The number of aryl methyl sites for hydroxylation is 1. The molecule has 0 saturated carbocycles. The molecule has 1 aliphatic heterocycles. The van der Waals surface area contributed by atoms with E-state index in [2.05, 4.69) is 0 Å². The van der Waals surface area contributed by atoms with E-state index < -0.39 is 4.92 Å². The van der Waals surface area contributed by atoms with Crippen molar-refractivity contribution in [3.63, 3.8) is 0 Å². The summed E-state index contributed by atoms with van der Waals surface area (Å²) >= 11 is 0. The fourth-order valence-electron chi connectivity index (χ4n) is 2.59. The third-order valence-corrected chi connectivity index (χ3v) is 3.68. The van der Waals surface area contributed by atoms with Gasteiger partial charge in [0.15, 0.2) is 0 Å². The molecule has 1 unspecified atom stereocenters. The molecule has 1 amide bonds. The molecule has 1 aliphatic rings. The number of nitrogens with zero attached hydrogens (tertiary/aromatic N) is 2. The van der Waals surface area contributed by atoms with Crippen LogP contribution in [-0.4, -0.2) is 40.0 Å². The van der Waals surface area contributed by atoms with Gasteiger partial charge >= 0.3 is 0 Å². The molecule has 0 spiro atoms. The largest absolute Gasteiger partial charge is 0.394 e. The minimum atomic E-state index is -0.537. The number of hydrogen-bond donors (Lipinski definition) is 1. The maximum Gasteiger partial charge on any atom is 0.282 e. The van der Waals surface area contributed by atoms with Crippen molar-refractivity contribution in [3.8, 4) is 0 Å². The first-order valence-corrected chi connectivity index (χ1v) is 6.71. The van der Waals surface area contributed by atoms with E-state index in [1.807, 2.05) is 0 Å². The van der Waals surface area contributed by atoms with Gasteiger partial charge in [0.1, 0.15) is 5.56 Å². The van der Waals surface area contributed by atoms with Crippen LogP contribution in [-0.2, 0) is 0 Å². The molecule has 2 rings (SSSR count). The molecule has 0 aliphatic carbocycles. The fourth-order valence-corrected chi connectivity index (χ4v) is 2.59. The van der Waals surface area contributed by atoms with Crippen molar-refractivity contribution >= 4 is 11.6 Å². The summed E-state index contributed by atoms with van der Waals surface area (Å²) in [4.78, 5) is 24.6. The second-order valence-electron chi connectivity index (χ2n) is 5.11. The second-order valence-corrected chi connectivity index (χ2v) is 5.11. The summed E-state index contributed by atoms with van der Waals surface area (Å²) in [5.41, 5.74) is 0.731. The normalized spacial score (nSPS) is 18.9. The zero-order valence-electron chi connectivity index (χ0n) is 11.4. The molecule has 1 N–H and O–H groups in total. The van der Waals surface area contributed by atoms with Crippen LogP contribution in [0.5, 0.6) is 0 Å². The van der Waals surface area contributed by atoms with Crippen LogP contribution < -0.4 is 0 Å². The summed E-state index contributed by atoms with van der Waals surface area (Å²) in [6.07, 6.45) is 2.56. The summed E-state index contributed by atoms with van der Waals surface area (Å²) in [7, 11) is 0. The molecule has 6 nitrogen and oxygen atoms in total. The Balaban J connectivity index is 2.36. The lowest BCUT2D eigenvalue weighted by Gasteiger charge is -2.34. The van der Waals surface area contributed by atoms with Crippen molar-refractivity contribution in [3.05, 3.63) is 39.4 Å². The van der Waals surface area contributed by atoms with E-state index in [-0.39, 0.29) is 29.8 Å². The highest BCUT2D eigenvalue weighted by molar-refractivity contribution is 5.98. The second kappa shape index (κ2) is 6.00. The number of aliphatic hydroxyl groups is 1. The number of likely N-dealkylation sites (tertiary alicyclic amines) is 1. The predicted octanol–water partition coefficient (Wildman–Crippen LogP) is 1.89. The highest BCUT2D eigenvalue weighted by atomic mass is 16.6. The van der Waals surface area contributed by atoms with Crippen molar-refractivity contribution in [1.29, 1.82) is 0 Å². The quantitative estimate of drug-likeness (QED) is 0.676.